The van der Waals surface area contributed by atoms with Crippen molar-refractivity contribution in [1.82, 2.24) is 0 Å². The Balaban J connectivity index is 2.30. The van der Waals surface area contributed by atoms with Crippen molar-refractivity contribution >= 4 is 11.8 Å². The molecule has 0 spiro atoms. The summed E-state index contributed by atoms with van der Waals surface area (Å²) in [6, 6.07) is 5.68. The second-order valence-corrected chi connectivity index (χ2v) is 5.59. The Morgan fingerprint density at radius 1 is 1.42 bits per heavy atom. The number of ether oxygens (including phenoxy) is 1. The van der Waals surface area contributed by atoms with E-state index in [1.165, 1.54) is 0 Å². The van der Waals surface area contributed by atoms with E-state index in [-0.39, 0.29) is 12.6 Å². The number of amides is 1. The molecule has 0 radical (unpaired) electrons. The number of nitrogens with zero attached hydrogens (tertiary/aromatic N) is 2. The number of rotatable bonds is 2. The minimum absolute atomic E-state index is 0.0719. The molecule has 1 aliphatic heterocycles. The van der Waals surface area contributed by atoms with Gasteiger partial charge in [0, 0.05) is 12.1 Å². The van der Waals surface area contributed by atoms with Crippen LogP contribution in [-0.2, 0) is 17.7 Å². The molecule has 0 N–H and O–H groups in total. The number of hydrogen-bond donors (Lipinski definition) is 0. The third-order valence-corrected chi connectivity index (χ3v) is 2.93. The first kappa shape index (κ1) is 13.5. The van der Waals surface area contributed by atoms with Crippen LogP contribution in [0.15, 0.2) is 23.4 Å². The molecule has 19 heavy (non-hydrogen) atoms. The van der Waals surface area contributed by atoms with E-state index in [4.69, 9.17) is 4.74 Å². The van der Waals surface area contributed by atoms with Crippen LogP contribution in [0.25, 0.3) is 0 Å². The highest BCUT2D eigenvalue weighted by Gasteiger charge is 2.30. The number of hydrogen-bond acceptors (Lipinski definition) is 4. The van der Waals surface area contributed by atoms with Crippen molar-refractivity contribution in [3.8, 4) is 0 Å². The quantitative estimate of drug-likeness (QED) is 0.769. The van der Waals surface area contributed by atoms with Crippen LogP contribution in [0, 0.1) is 4.91 Å². The number of para-hydroxylation sites is 1. The van der Waals surface area contributed by atoms with Gasteiger partial charge in [-0.15, -0.1) is 0 Å². The van der Waals surface area contributed by atoms with E-state index in [1.807, 2.05) is 39.0 Å². The number of carbonyl (C=O) groups is 1. The highest BCUT2D eigenvalue weighted by molar-refractivity contribution is 5.91. The predicted molar refractivity (Wildman–Crippen MR) is 73.2 cm³/mol. The van der Waals surface area contributed by atoms with Gasteiger partial charge in [0.1, 0.15) is 12.1 Å². The van der Waals surface area contributed by atoms with Gasteiger partial charge in [-0.3, -0.25) is 4.90 Å². The summed E-state index contributed by atoms with van der Waals surface area (Å²) in [6.45, 7) is 6.16. The number of carbonyl (C=O) groups excluding carboxylic acids is 1. The van der Waals surface area contributed by atoms with Gasteiger partial charge in [0.05, 0.1) is 5.69 Å². The molecule has 0 unspecified atom stereocenters. The molecule has 2 rings (SSSR count). The Labute approximate surface area is 112 Å². The van der Waals surface area contributed by atoms with Crippen LogP contribution in [0.3, 0.4) is 0 Å². The normalized spacial score (nSPS) is 14.2. The SMILES string of the molecule is CC(C)(C)OC(=O)N1CCc2cccc(CN=O)c21. The fourth-order valence-corrected chi connectivity index (χ4v) is 2.23. The summed E-state index contributed by atoms with van der Waals surface area (Å²) < 4.78 is 5.39. The minimum atomic E-state index is -0.530. The number of fused-ring (bicyclic) bond motifs is 1. The molecule has 0 aromatic heterocycles. The van der Waals surface area contributed by atoms with E-state index in [2.05, 4.69) is 5.18 Å². The van der Waals surface area contributed by atoms with Gasteiger partial charge in [-0.1, -0.05) is 23.4 Å². The second-order valence-electron chi connectivity index (χ2n) is 5.59. The topological polar surface area (TPSA) is 59.0 Å². The Bertz CT molecular complexity index is 506. The summed E-state index contributed by atoms with van der Waals surface area (Å²) >= 11 is 0. The summed E-state index contributed by atoms with van der Waals surface area (Å²) in [5.74, 6) is 0. The summed E-state index contributed by atoms with van der Waals surface area (Å²) in [7, 11) is 0. The molecule has 0 atom stereocenters. The predicted octanol–water partition coefficient (Wildman–Crippen LogP) is 3.25. The van der Waals surface area contributed by atoms with Crippen LogP contribution in [0.2, 0.25) is 0 Å². The van der Waals surface area contributed by atoms with Gasteiger partial charge in [0.15, 0.2) is 0 Å². The van der Waals surface area contributed by atoms with Crippen LogP contribution >= 0.6 is 0 Å². The molecule has 1 aliphatic rings. The van der Waals surface area contributed by atoms with Crippen LogP contribution in [-0.4, -0.2) is 18.2 Å². The molecule has 0 saturated heterocycles. The monoisotopic (exact) mass is 262 g/mol. The molecule has 0 saturated carbocycles. The highest BCUT2D eigenvalue weighted by Crippen LogP contribution is 2.33. The van der Waals surface area contributed by atoms with Gasteiger partial charge < -0.3 is 4.74 Å². The van der Waals surface area contributed by atoms with Gasteiger partial charge in [-0.25, -0.2) is 4.79 Å². The maximum absolute atomic E-state index is 12.2. The zero-order valence-electron chi connectivity index (χ0n) is 11.5. The first-order valence-corrected chi connectivity index (χ1v) is 6.33. The van der Waals surface area contributed by atoms with Crippen LogP contribution < -0.4 is 4.90 Å². The third-order valence-electron chi connectivity index (χ3n) is 2.93. The van der Waals surface area contributed by atoms with E-state index < -0.39 is 5.60 Å². The standard InChI is InChI=1S/C14H18N2O3/c1-14(2,3)19-13(17)16-8-7-10-5-4-6-11(9-15-18)12(10)16/h4-6H,7-9H2,1-3H3. The van der Waals surface area contributed by atoms with E-state index in [0.717, 1.165) is 23.2 Å². The van der Waals surface area contributed by atoms with Gasteiger partial charge in [-0.05, 0) is 32.8 Å². The number of anilines is 1. The molecule has 1 heterocycles. The smallest absolute Gasteiger partial charge is 0.414 e. The molecule has 0 aliphatic carbocycles. The van der Waals surface area contributed by atoms with Gasteiger partial charge >= 0.3 is 6.09 Å². The summed E-state index contributed by atoms with van der Waals surface area (Å²) in [4.78, 5) is 24.3. The second kappa shape index (κ2) is 4.99. The lowest BCUT2D eigenvalue weighted by Gasteiger charge is -2.25. The number of benzene rings is 1. The fraction of sp³-hybridized carbons (Fsp3) is 0.500. The lowest BCUT2D eigenvalue weighted by molar-refractivity contribution is 0.0583. The van der Waals surface area contributed by atoms with Crippen molar-refractivity contribution in [2.45, 2.75) is 39.3 Å². The largest absolute Gasteiger partial charge is 0.443 e. The molecular weight excluding hydrogens is 244 g/mol. The minimum Gasteiger partial charge on any atom is -0.443 e. The van der Waals surface area contributed by atoms with Crippen molar-refractivity contribution in [2.75, 3.05) is 11.4 Å². The van der Waals surface area contributed by atoms with Crippen LogP contribution in [0.5, 0.6) is 0 Å². The third kappa shape index (κ3) is 2.92. The molecule has 1 aromatic carbocycles. The first-order valence-electron chi connectivity index (χ1n) is 6.33. The molecule has 0 fully saturated rings. The molecule has 0 bridgehead atoms. The molecule has 1 amide bonds. The van der Waals surface area contributed by atoms with Crippen molar-refractivity contribution < 1.29 is 9.53 Å². The Morgan fingerprint density at radius 2 is 2.16 bits per heavy atom. The molecule has 5 heteroatoms. The van der Waals surface area contributed by atoms with Crippen LogP contribution in [0.1, 0.15) is 31.9 Å². The Kier molecular flexibility index (Phi) is 3.55. The van der Waals surface area contributed by atoms with Crippen molar-refractivity contribution in [3.05, 3.63) is 34.2 Å². The van der Waals surface area contributed by atoms with Gasteiger partial charge in [0.25, 0.3) is 0 Å². The molecule has 5 nitrogen and oxygen atoms in total. The number of nitroso groups, excluding NO2 is 1. The van der Waals surface area contributed by atoms with E-state index in [1.54, 1.807) is 4.90 Å². The maximum atomic E-state index is 12.2. The fourth-order valence-electron chi connectivity index (χ4n) is 2.23. The zero-order chi connectivity index (χ0) is 14.0. The average molecular weight is 262 g/mol. The molecule has 102 valence electrons. The Morgan fingerprint density at radius 3 is 2.79 bits per heavy atom. The molecule has 1 aromatic rings. The van der Waals surface area contributed by atoms with Crippen molar-refractivity contribution in [3.63, 3.8) is 0 Å². The van der Waals surface area contributed by atoms with E-state index >= 15 is 0 Å². The Hall–Kier alpha value is -1.91. The average Bonchev–Trinajstić information content (AvgIpc) is 2.72. The highest BCUT2D eigenvalue weighted by atomic mass is 16.6. The van der Waals surface area contributed by atoms with Gasteiger partial charge in [0.2, 0.25) is 0 Å². The van der Waals surface area contributed by atoms with Gasteiger partial charge in [-0.2, -0.15) is 4.91 Å². The first-order chi connectivity index (χ1) is 8.92. The summed E-state index contributed by atoms with van der Waals surface area (Å²) in [5.41, 5.74) is 2.09. The van der Waals surface area contributed by atoms with E-state index in [0.29, 0.717) is 6.54 Å². The van der Waals surface area contributed by atoms with Crippen molar-refractivity contribution in [1.29, 1.82) is 0 Å². The lowest BCUT2D eigenvalue weighted by Crippen LogP contribution is -2.36. The maximum Gasteiger partial charge on any atom is 0.414 e. The lowest BCUT2D eigenvalue weighted by atomic mass is 10.1. The van der Waals surface area contributed by atoms with Crippen molar-refractivity contribution in [2.24, 2.45) is 5.18 Å². The van der Waals surface area contributed by atoms with E-state index in [9.17, 15) is 9.70 Å². The summed E-state index contributed by atoms with van der Waals surface area (Å²) in [5, 5.41) is 2.92. The molecular formula is C14H18N2O3. The zero-order valence-corrected chi connectivity index (χ0v) is 11.5. The summed E-state index contributed by atoms with van der Waals surface area (Å²) in [6.07, 6.45) is 0.408. The van der Waals surface area contributed by atoms with Crippen LogP contribution in [0.4, 0.5) is 10.5 Å².